The number of nitrogens with zero attached hydrogens (tertiary/aromatic N) is 2. The summed E-state index contributed by atoms with van der Waals surface area (Å²) < 4.78 is 12.5. The van der Waals surface area contributed by atoms with E-state index < -0.39 is 41.1 Å². The number of carbonyl (C=O) groups is 3. The quantitative estimate of drug-likeness (QED) is 0.238. The van der Waals surface area contributed by atoms with E-state index in [1.165, 1.54) is 4.90 Å². The van der Waals surface area contributed by atoms with Gasteiger partial charge < -0.3 is 24.4 Å². The molecule has 2 amide bonds. The smallest absolute Gasteiger partial charge is 0.312 e. The second kappa shape index (κ2) is 11.5. The van der Waals surface area contributed by atoms with E-state index in [0.29, 0.717) is 25.7 Å². The molecule has 3 saturated heterocycles. The van der Waals surface area contributed by atoms with Gasteiger partial charge in [0, 0.05) is 12.2 Å². The number of fused-ring (bicyclic) bond motifs is 1. The minimum atomic E-state index is -1.20. The van der Waals surface area contributed by atoms with E-state index in [2.05, 4.69) is 13.2 Å². The molecule has 0 saturated carbocycles. The second-order valence-corrected chi connectivity index (χ2v) is 11.8. The highest BCUT2D eigenvalue weighted by molar-refractivity contribution is 6.05. The molecular weight excluding hydrogens is 508 g/mol. The monoisotopic (exact) mass is 552 g/mol. The van der Waals surface area contributed by atoms with Gasteiger partial charge in [0.05, 0.1) is 30.8 Å². The number of hydrogen-bond donors (Lipinski definition) is 1. The Labute approximate surface area is 238 Å². The number of carbonyl (C=O) groups excluding carboxylic acids is 3. The Morgan fingerprint density at radius 3 is 2.58 bits per heavy atom. The van der Waals surface area contributed by atoms with Gasteiger partial charge in [0.1, 0.15) is 17.6 Å². The highest BCUT2D eigenvalue weighted by Crippen LogP contribution is 2.65. The molecule has 218 valence electrons. The average Bonchev–Trinajstić information content (AvgIpc) is 3.53. The molecule has 6 atom stereocenters. The molecule has 1 N–H and O–H groups in total. The summed E-state index contributed by atoms with van der Waals surface area (Å²) in [6, 6.07) is 4.29. The maximum atomic E-state index is 14.8. The van der Waals surface area contributed by atoms with Crippen LogP contribution in [0.1, 0.15) is 57.6 Å². The predicted molar refractivity (Wildman–Crippen MR) is 154 cm³/mol. The van der Waals surface area contributed by atoms with Crippen molar-refractivity contribution in [1.82, 2.24) is 4.90 Å². The number of likely N-dealkylation sites (tertiary alicyclic amines) is 1. The third kappa shape index (κ3) is 4.59. The first-order valence-electron chi connectivity index (χ1n) is 14.4. The lowest BCUT2D eigenvalue weighted by molar-refractivity contribution is -0.162. The predicted octanol–water partition coefficient (Wildman–Crippen LogP) is 4.11. The third-order valence-electron chi connectivity index (χ3n) is 9.22. The van der Waals surface area contributed by atoms with Crippen LogP contribution < -0.4 is 4.90 Å². The molecule has 3 aliphatic rings. The Bertz CT molecular complexity index is 1180. The largest absolute Gasteiger partial charge is 0.465 e. The van der Waals surface area contributed by atoms with Crippen molar-refractivity contribution in [3.63, 3.8) is 0 Å². The summed E-state index contributed by atoms with van der Waals surface area (Å²) in [7, 11) is 0. The maximum Gasteiger partial charge on any atom is 0.312 e. The lowest BCUT2D eigenvalue weighted by atomic mass is 9.65. The lowest BCUT2D eigenvalue weighted by Crippen LogP contribution is -2.60. The van der Waals surface area contributed by atoms with E-state index in [1.54, 1.807) is 17.1 Å². The average molecular weight is 553 g/mol. The highest BCUT2D eigenvalue weighted by Gasteiger charge is 2.79. The van der Waals surface area contributed by atoms with Crippen LogP contribution in [0.5, 0.6) is 0 Å². The number of anilines is 1. The second-order valence-electron chi connectivity index (χ2n) is 11.8. The number of aliphatic hydroxyl groups is 1. The van der Waals surface area contributed by atoms with Crippen molar-refractivity contribution in [2.45, 2.75) is 83.6 Å². The number of benzene rings is 1. The van der Waals surface area contributed by atoms with E-state index >= 15 is 0 Å². The van der Waals surface area contributed by atoms with Gasteiger partial charge in [0.15, 0.2) is 0 Å². The van der Waals surface area contributed by atoms with Crippen LogP contribution in [0, 0.1) is 31.6 Å². The fourth-order valence-corrected chi connectivity index (χ4v) is 7.20. The number of aliphatic hydroxyl groups excluding tert-OH is 1. The maximum absolute atomic E-state index is 14.8. The van der Waals surface area contributed by atoms with Crippen LogP contribution >= 0.6 is 0 Å². The van der Waals surface area contributed by atoms with Gasteiger partial charge in [0.25, 0.3) is 5.91 Å². The van der Waals surface area contributed by atoms with Crippen molar-refractivity contribution < 1.29 is 29.0 Å². The number of aryl methyl sites for hydroxylation is 2. The van der Waals surface area contributed by atoms with Crippen molar-refractivity contribution in [3.8, 4) is 0 Å². The van der Waals surface area contributed by atoms with Crippen LogP contribution in [0.4, 0.5) is 5.69 Å². The zero-order chi connectivity index (χ0) is 29.4. The van der Waals surface area contributed by atoms with Gasteiger partial charge >= 0.3 is 5.97 Å². The summed E-state index contributed by atoms with van der Waals surface area (Å²) in [5.74, 6) is -2.93. The normalized spacial score (nSPS) is 29.4. The van der Waals surface area contributed by atoms with Gasteiger partial charge in [-0.3, -0.25) is 14.4 Å². The standard InChI is InChI=1S/C32H44N2O6/c1-8-11-17-39-30(38)26-25-28(36)34(24(19-35)20(4)5)27(32(25)15-14-31(26,10-3)40-32)29(37)33(16-9-2)23-18-21(6)12-13-22(23)7/h8-9,12-13,18,20,24-27,35H,1-2,10-11,14-17,19H2,3-7H3/t24-,25-,26-,27?,31+,32?/m0/s1. The molecule has 40 heavy (non-hydrogen) atoms. The summed E-state index contributed by atoms with van der Waals surface area (Å²) in [5.41, 5.74) is 0.564. The van der Waals surface area contributed by atoms with Crippen molar-refractivity contribution >= 4 is 23.5 Å². The van der Waals surface area contributed by atoms with Crippen LogP contribution in [0.3, 0.4) is 0 Å². The van der Waals surface area contributed by atoms with E-state index in [0.717, 1.165) is 16.8 Å². The number of ether oxygens (including phenoxy) is 2. The summed E-state index contributed by atoms with van der Waals surface area (Å²) in [4.78, 5) is 46.0. The molecule has 1 aromatic carbocycles. The van der Waals surface area contributed by atoms with Crippen LogP contribution in [-0.4, -0.2) is 70.8 Å². The molecule has 0 radical (unpaired) electrons. The molecular formula is C32H44N2O6. The topological polar surface area (TPSA) is 96.4 Å². The Morgan fingerprint density at radius 1 is 1.25 bits per heavy atom. The van der Waals surface area contributed by atoms with Gasteiger partial charge in [-0.2, -0.15) is 0 Å². The molecule has 4 rings (SSSR count). The van der Waals surface area contributed by atoms with E-state index in [-0.39, 0.29) is 37.5 Å². The Balaban J connectivity index is 1.87. The molecule has 8 nitrogen and oxygen atoms in total. The third-order valence-corrected chi connectivity index (χ3v) is 9.22. The lowest BCUT2D eigenvalue weighted by Gasteiger charge is -2.41. The molecule has 3 fully saturated rings. The molecule has 1 spiro atoms. The summed E-state index contributed by atoms with van der Waals surface area (Å²) >= 11 is 0. The summed E-state index contributed by atoms with van der Waals surface area (Å²) in [5, 5.41) is 10.5. The van der Waals surface area contributed by atoms with Gasteiger partial charge in [-0.05, 0) is 62.6 Å². The zero-order valence-electron chi connectivity index (χ0n) is 24.5. The number of hydrogen-bond acceptors (Lipinski definition) is 6. The molecule has 0 aromatic heterocycles. The molecule has 1 aromatic rings. The van der Waals surface area contributed by atoms with E-state index in [1.807, 2.05) is 52.8 Å². The molecule has 0 aliphatic carbocycles. The van der Waals surface area contributed by atoms with Crippen LogP contribution in [0.15, 0.2) is 43.5 Å². The summed E-state index contributed by atoms with van der Waals surface area (Å²) in [6.07, 6.45) is 5.37. The first-order valence-corrected chi connectivity index (χ1v) is 14.4. The van der Waals surface area contributed by atoms with Crippen molar-refractivity contribution in [3.05, 3.63) is 54.6 Å². The SMILES string of the molecule is C=CCCOC(=O)[C@@H]1[C@H]2C(=O)N([C@@H](CO)C(C)C)C(C(=O)N(CC=C)c3cc(C)ccc3C)C23CC[C@@]1(CC)O3. The molecule has 2 unspecified atom stereocenters. The first kappa shape index (κ1) is 30.0. The number of esters is 1. The molecule has 8 heteroatoms. The fourth-order valence-electron chi connectivity index (χ4n) is 7.20. The van der Waals surface area contributed by atoms with Crippen LogP contribution in [-0.2, 0) is 23.9 Å². The molecule has 3 heterocycles. The highest BCUT2D eigenvalue weighted by atomic mass is 16.6. The van der Waals surface area contributed by atoms with Crippen molar-refractivity contribution in [2.75, 3.05) is 24.7 Å². The van der Waals surface area contributed by atoms with Crippen molar-refractivity contribution in [1.29, 1.82) is 0 Å². The minimum absolute atomic E-state index is 0.136. The number of amides is 2. The van der Waals surface area contributed by atoms with Gasteiger partial charge in [-0.15, -0.1) is 13.2 Å². The Kier molecular flexibility index (Phi) is 8.62. The van der Waals surface area contributed by atoms with Gasteiger partial charge in [-0.1, -0.05) is 45.1 Å². The molecule has 2 bridgehead atoms. The van der Waals surface area contributed by atoms with Gasteiger partial charge in [-0.25, -0.2) is 0 Å². The molecule has 3 aliphatic heterocycles. The zero-order valence-corrected chi connectivity index (χ0v) is 24.5. The van der Waals surface area contributed by atoms with Gasteiger partial charge in [0.2, 0.25) is 5.91 Å². The van der Waals surface area contributed by atoms with Crippen molar-refractivity contribution in [2.24, 2.45) is 17.8 Å². The fraction of sp³-hybridized carbons (Fsp3) is 0.594. The van der Waals surface area contributed by atoms with Crippen LogP contribution in [0.2, 0.25) is 0 Å². The minimum Gasteiger partial charge on any atom is -0.465 e. The summed E-state index contributed by atoms with van der Waals surface area (Å²) in [6.45, 7) is 17.4. The number of rotatable bonds is 12. The Morgan fingerprint density at radius 2 is 1.98 bits per heavy atom. The van der Waals surface area contributed by atoms with E-state index in [9.17, 15) is 19.5 Å². The van der Waals surface area contributed by atoms with E-state index in [4.69, 9.17) is 9.47 Å². The Hall–Kier alpha value is -2.97. The van der Waals surface area contributed by atoms with Crippen LogP contribution in [0.25, 0.3) is 0 Å². The first-order chi connectivity index (χ1) is 19.0.